The fourth-order valence-electron chi connectivity index (χ4n) is 2.18. The van der Waals surface area contributed by atoms with Gasteiger partial charge in [-0.05, 0) is 24.6 Å². The lowest BCUT2D eigenvalue weighted by Gasteiger charge is -2.03. The number of fused-ring (bicyclic) bond motifs is 1. The van der Waals surface area contributed by atoms with E-state index in [9.17, 15) is 4.79 Å². The van der Waals surface area contributed by atoms with Crippen LogP contribution >= 0.6 is 0 Å². The van der Waals surface area contributed by atoms with Crippen LogP contribution in [0.2, 0.25) is 0 Å². The molecule has 120 valence electrons. The van der Waals surface area contributed by atoms with Crippen molar-refractivity contribution in [3.63, 3.8) is 0 Å². The summed E-state index contributed by atoms with van der Waals surface area (Å²) in [4.78, 5) is 11.8. The first-order chi connectivity index (χ1) is 11.3. The van der Waals surface area contributed by atoms with Gasteiger partial charge in [-0.1, -0.05) is 0 Å². The Morgan fingerprint density at radius 1 is 1.35 bits per heavy atom. The molecule has 0 aliphatic heterocycles. The Kier molecular flexibility index (Phi) is 4.51. The number of hydrogen-bond donors (Lipinski definition) is 1. The maximum Gasteiger partial charge on any atom is 0.231 e. The molecular weight excluding hydrogens is 298 g/mol. The van der Waals surface area contributed by atoms with Crippen LogP contribution in [0.1, 0.15) is 24.4 Å². The van der Waals surface area contributed by atoms with Gasteiger partial charge < -0.3 is 14.5 Å². The molecule has 0 spiro atoms. The number of carbonyl (C=O) groups excluding carboxylic acids is 1. The van der Waals surface area contributed by atoms with Gasteiger partial charge in [-0.15, -0.1) is 15.3 Å². The van der Waals surface area contributed by atoms with Crippen LogP contribution in [0.5, 0.6) is 5.88 Å². The molecule has 8 nitrogen and oxygen atoms in total. The maximum absolute atomic E-state index is 11.8. The van der Waals surface area contributed by atoms with Gasteiger partial charge in [0.2, 0.25) is 11.8 Å². The van der Waals surface area contributed by atoms with Crippen molar-refractivity contribution in [2.45, 2.75) is 25.8 Å². The largest absolute Gasteiger partial charge is 0.480 e. The quantitative estimate of drug-likeness (QED) is 0.707. The van der Waals surface area contributed by atoms with Gasteiger partial charge in [0.05, 0.1) is 19.9 Å². The zero-order chi connectivity index (χ0) is 16.1. The van der Waals surface area contributed by atoms with Gasteiger partial charge in [-0.25, -0.2) is 0 Å². The van der Waals surface area contributed by atoms with Crippen molar-refractivity contribution in [1.29, 1.82) is 0 Å². The molecule has 0 atom stereocenters. The minimum atomic E-state index is -0.0271. The third kappa shape index (κ3) is 3.65. The second kappa shape index (κ2) is 6.91. The Labute approximate surface area is 132 Å². The highest BCUT2D eigenvalue weighted by molar-refractivity contribution is 5.75. The highest BCUT2D eigenvalue weighted by Gasteiger charge is 2.09. The molecule has 3 aromatic heterocycles. The average Bonchev–Trinajstić information content (AvgIpc) is 3.22. The lowest BCUT2D eigenvalue weighted by Crippen LogP contribution is -2.22. The first-order valence-electron chi connectivity index (χ1n) is 7.30. The first-order valence-corrected chi connectivity index (χ1v) is 7.30. The number of nitrogens with one attached hydrogen (secondary N) is 1. The molecule has 0 saturated heterocycles. The zero-order valence-electron chi connectivity index (χ0n) is 12.7. The standard InChI is InChI=1S/C15H17N5O3/c1-22-15-8-7-13-18-17-12(20(13)19-15)5-2-6-14(21)16-10-11-4-3-9-23-11/h3-4,7-9H,2,5-6,10H2,1H3,(H,16,21). The van der Waals surface area contributed by atoms with E-state index in [1.54, 1.807) is 36.1 Å². The second-order valence-corrected chi connectivity index (χ2v) is 4.97. The summed E-state index contributed by atoms with van der Waals surface area (Å²) >= 11 is 0. The number of rotatable bonds is 7. The molecule has 0 aliphatic carbocycles. The molecule has 0 unspecified atom stereocenters. The first kappa shape index (κ1) is 15.0. The van der Waals surface area contributed by atoms with Crippen molar-refractivity contribution in [2.24, 2.45) is 0 Å². The summed E-state index contributed by atoms with van der Waals surface area (Å²) in [6.07, 6.45) is 3.25. The SMILES string of the molecule is COc1ccc2nnc(CCCC(=O)NCc3ccco3)n2n1. The molecule has 0 fully saturated rings. The summed E-state index contributed by atoms with van der Waals surface area (Å²) in [7, 11) is 1.56. The molecule has 1 N–H and O–H groups in total. The lowest BCUT2D eigenvalue weighted by molar-refractivity contribution is -0.121. The number of furan rings is 1. The van der Waals surface area contributed by atoms with E-state index in [2.05, 4.69) is 20.6 Å². The number of nitrogens with zero attached hydrogens (tertiary/aromatic N) is 4. The zero-order valence-corrected chi connectivity index (χ0v) is 12.7. The molecule has 3 heterocycles. The fraction of sp³-hybridized carbons (Fsp3) is 0.333. The number of hydrogen-bond acceptors (Lipinski definition) is 6. The Morgan fingerprint density at radius 3 is 3.04 bits per heavy atom. The van der Waals surface area contributed by atoms with Gasteiger partial charge in [0, 0.05) is 18.9 Å². The Balaban J connectivity index is 1.51. The van der Waals surface area contributed by atoms with Crippen molar-refractivity contribution in [2.75, 3.05) is 7.11 Å². The summed E-state index contributed by atoms with van der Waals surface area (Å²) in [5, 5.41) is 15.2. The van der Waals surface area contributed by atoms with Crippen molar-refractivity contribution < 1.29 is 13.9 Å². The van der Waals surface area contributed by atoms with Crippen LogP contribution in [0.3, 0.4) is 0 Å². The predicted molar refractivity (Wildman–Crippen MR) is 80.8 cm³/mol. The Hall–Kier alpha value is -2.90. The molecule has 23 heavy (non-hydrogen) atoms. The monoisotopic (exact) mass is 315 g/mol. The fourth-order valence-corrected chi connectivity index (χ4v) is 2.18. The van der Waals surface area contributed by atoms with Crippen molar-refractivity contribution in [3.8, 4) is 5.88 Å². The van der Waals surface area contributed by atoms with Crippen LogP contribution < -0.4 is 10.1 Å². The van der Waals surface area contributed by atoms with Gasteiger partial charge in [0.25, 0.3) is 0 Å². The van der Waals surface area contributed by atoms with E-state index >= 15 is 0 Å². The number of aromatic nitrogens is 4. The van der Waals surface area contributed by atoms with Gasteiger partial charge in [0.1, 0.15) is 5.76 Å². The summed E-state index contributed by atoms with van der Waals surface area (Å²) in [5.74, 6) is 1.91. The number of amides is 1. The third-order valence-corrected chi connectivity index (χ3v) is 3.36. The van der Waals surface area contributed by atoms with Crippen LogP contribution in [-0.2, 0) is 17.8 Å². The van der Waals surface area contributed by atoms with Crippen molar-refractivity contribution in [3.05, 3.63) is 42.1 Å². The lowest BCUT2D eigenvalue weighted by atomic mass is 10.2. The number of ether oxygens (including phenoxy) is 1. The number of methoxy groups -OCH3 is 1. The van der Waals surface area contributed by atoms with E-state index in [4.69, 9.17) is 9.15 Å². The second-order valence-electron chi connectivity index (χ2n) is 4.97. The molecule has 1 amide bonds. The van der Waals surface area contributed by atoms with Crippen LogP contribution in [0.15, 0.2) is 34.9 Å². The minimum Gasteiger partial charge on any atom is -0.480 e. The molecule has 0 aliphatic rings. The van der Waals surface area contributed by atoms with Gasteiger partial charge in [-0.2, -0.15) is 4.52 Å². The number of aryl methyl sites for hydroxylation is 1. The Bertz CT molecular complexity index is 782. The molecule has 0 aromatic carbocycles. The van der Waals surface area contributed by atoms with Crippen molar-refractivity contribution in [1.82, 2.24) is 25.1 Å². The van der Waals surface area contributed by atoms with Crippen molar-refractivity contribution >= 4 is 11.6 Å². The van der Waals surface area contributed by atoms with E-state index in [1.165, 1.54) is 0 Å². The smallest absolute Gasteiger partial charge is 0.231 e. The average molecular weight is 315 g/mol. The normalized spacial score (nSPS) is 10.8. The highest BCUT2D eigenvalue weighted by atomic mass is 16.5. The number of carbonyl (C=O) groups is 1. The molecule has 0 saturated carbocycles. The van der Waals surface area contributed by atoms with Gasteiger partial charge in [-0.3, -0.25) is 4.79 Å². The van der Waals surface area contributed by atoms with Crippen LogP contribution in [0.4, 0.5) is 0 Å². The Morgan fingerprint density at radius 2 is 2.26 bits per heavy atom. The summed E-state index contributed by atoms with van der Waals surface area (Å²) in [6, 6.07) is 7.13. The molecule has 0 radical (unpaired) electrons. The van der Waals surface area contributed by atoms with Crippen LogP contribution in [0.25, 0.3) is 5.65 Å². The summed E-state index contributed by atoms with van der Waals surface area (Å²) in [5.41, 5.74) is 0.656. The molecular formula is C15H17N5O3. The molecule has 0 bridgehead atoms. The molecule has 8 heteroatoms. The summed E-state index contributed by atoms with van der Waals surface area (Å²) < 4.78 is 11.9. The van der Waals surface area contributed by atoms with E-state index < -0.39 is 0 Å². The summed E-state index contributed by atoms with van der Waals surface area (Å²) in [6.45, 7) is 0.401. The van der Waals surface area contributed by atoms with Crippen LogP contribution in [-0.4, -0.2) is 32.8 Å². The van der Waals surface area contributed by atoms with Gasteiger partial charge in [0.15, 0.2) is 11.5 Å². The van der Waals surface area contributed by atoms with E-state index in [-0.39, 0.29) is 5.91 Å². The van der Waals surface area contributed by atoms with E-state index in [0.717, 1.165) is 5.76 Å². The maximum atomic E-state index is 11.8. The molecule has 3 aromatic rings. The highest BCUT2D eigenvalue weighted by Crippen LogP contribution is 2.10. The van der Waals surface area contributed by atoms with E-state index in [1.807, 2.05) is 6.07 Å². The minimum absolute atomic E-state index is 0.0271. The van der Waals surface area contributed by atoms with Crippen LogP contribution in [0, 0.1) is 0 Å². The van der Waals surface area contributed by atoms with E-state index in [0.29, 0.717) is 43.2 Å². The molecule has 3 rings (SSSR count). The topological polar surface area (TPSA) is 94.5 Å². The predicted octanol–water partition coefficient (Wildman–Crippen LogP) is 1.36. The third-order valence-electron chi connectivity index (χ3n) is 3.36. The van der Waals surface area contributed by atoms with Gasteiger partial charge >= 0.3 is 0 Å².